The first-order valence-corrected chi connectivity index (χ1v) is 7.84. The summed E-state index contributed by atoms with van der Waals surface area (Å²) >= 11 is 3.27. The Kier molecular flexibility index (Phi) is 5.22. The molecule has 1 N–H and O–H groups in total. The van der Waals surface area contributed by atoms with Gasteiger partial charge in [-0.05, 0) is 53.0 Å². The van der Waals surface area contributed by atoms with Gasteiger partial charge in [0, 0.05) is 24.8 Å². The van der Waals surface area contributed by atoms with Crippen LogP contribution in [0, 0.1) is 11.7 Å². The zero-order valence-corrected chi connectivity index (χ0v) is 13.2. The van der Waals surface area contributed by atoms with E-state index in [1.165, 1.54) is 12.5 Å². The van der Waals surface area contributed by atoms with Crippen molar-refractivity contribution < 1.29 is 4.39 Å². The molecular formula is C15H22BrFN2. The molecule has 1 fully saturated rings. The number of hydrogen-bond acceptors (Lipinski definition) is 2. The third-order valence-electron chi connectivity index (χ3n) is 4.03. The van der Waals surface area contributed by atoms with Gasteiger partial charge in [0.25, 0.3) is 0 Å². The highest BCUT2D eigenvalue weighted by Crippen LogP contribution is 2.25. The van der Waals surface area contributed by atoms with Gasteiger partial charge in [0.2, 0.25) is 0 Å². The fourth-order valence-corrected chi connectivity index (χ4v) is 2.90. The maximum Gasteiger partial charge on any atom is 0.137 e. The van der Waals surface area contributed by atoms with Crippen LogP contribution in [0.15, 0.2) is 22.7 Å². The first-order valence-electron chi connectivity index (χ1n) is 7.05. The van der Waals surface area contributed by atoms with Gasteiger partial charge in [-0.3, -0.25) is 0 Å². The molecule has 1 aromatic rings. The topological polar surface area (TPSA) is 15.3 Å². The fraction of sp³-hybridized carbons (Fsp3) is 0.600. The van der Waals surface area contributed by atoms with Crippen LogP contribution in [0.25, 0.3) is 0 Å². The number of anilines is 1. The lowest BCUT2D eigenvalue weighted by Crippen LogP contribution is -2.42. The van der Waals surface area contributed by atoms with Crippen molar-refractivity contribution in [3.63, 3.8) is 0 Å². The maximum absolute atomic E-state index is 13.3. The zero-order chi connectivity index (χ0) is 13.8. The van der Waals surface area contributed by atoms with E-state index >= 15 is 0 Å². The lowest BCUT2D eigenvalue weighted by molar-refractivity contribution is 0.384. The van der Waals surface area contributed by atoms with Crippen LogP contribution in [-0.4, -0.2) is 25.7 Å². The largest absolute Gasteiger partial charge is 0.370 e. The molecule has 0 saturated carbocycles. The van der Waals surface area contributed by atoms with E-state index in [-0.39, 0.29) is 5.82 Å². The van der Waals surface area contributed by atoms with Crippen molar-refractivity contribution in [1.82, 2.24) is 5.32 Å². The van der Waals surface area contributed by atoms with Crippen LogP contribution in [0.4, 0.5) is 10.1 Å². The van der Waals surface area contributed by atoms with E-state index in [4.69, 9.17) is 0 Å². The molecule has 1 heterocycles. The second-order valence-electron chi connectivity index (χ2n) is 5.34. The second kappa shape index (κ2) is 6.71. The Balaban J connectivity index is 2.15. The average molecular weight is 329 g/mol. The van der Waals surface area contributed by atoms with E-state index in [0.717, 1.165) is 31.7 Å². The summed E-state index contributed by atoms with van der Waals surface area (Å²) in [5.41, 5.74) is 1.10. The molecule has 1 aliphatic rings. The van der Waals surface area contributed by atoms with E-state index in [9.17, 15) is 4.39 Å². The van der Waals surface area contributed by atoms with Gasteiger partial charge in [-0.1, -0.05) is 20.3 Å². The summed E-state index contributed by atoms with van der Waals surface area (Å²) in [4.78, 5) is 2.36. The summed E-state index contributed by atoms with van der Waals surface area (Å²) < 4.78 is 13.9. The first kappa shape index (κ1) is 14.8. The summed E-state index contributed by atoms with van der Waals surface area (Å²) in [6, 6.07) is 5.81. The Labute approximate surface area is 123 Å². The Morgan fingerprint density at radius 2 is 2.32 bits per heavy atom. The Hall–Kier alpha value is -0.610. The number of nitrogens with zero attached hydrogens (tertiary/aromatic N) is 1. The molecule has 0 aliphatic carbocycles. The quantitative estimate of drug-likeness (QED) is 0.907. The fourth-order valence-electron chi connectivity index (χ4n) is 2.53. The van der Waals surface area contributed by atoms with Crippen LogP contribution in [0.5, 0.6) is 0 Å². The van der Waals surface area contributed by atoms with Gasteiger partial charge in [-0.2, -0.15) is 0 Å². The lowest BCUT2D eigenvalue weighted by atomic mass is 9.99. The van der Waals surface area contributed by atoms with Crippen LogP contribution in [0.2, 0.25) is 0 Å². The van der Waals surface area contributed by atoms with E-state index in [2.05, 4.69) is 40.0 Å². The highest BCUT2D eigenvalue weighted by molar-refractivity contribution is 9.10. The standard InChI is InChI=1S/C15H22BrFN2/c1-3-11(2)15-10-19(8-4-7-18-15)12-5-6-14(17)13(16)9-12/h5-6,9,11,15,18H,3-4,7-8,10H2,1-2H3. The van der Waals surface area contributed by atoms with Crippen molar-refractivity contribution in [1.29, 1.82) is 0 Å². The molecule has 2 rings (SSSR count). The molecule has 2 unspecified atom stereocenters. The molecule has 106 valence electrons. The Bertz CT molecular complexity index is 425. The van der Waals surface area contributed by atoms with Gasteiger partial charge in [0.05, 0.1) is 4.47 Å². The van der Waals surface area contributed by atoms with Gasteiger partial charge >= 0.3 is 0 Å². The van der Waals surface area contributed by atoms with Crippen LogP contribution in [0.1, 0.15) is 26.7 Å². The van der Waals surface area contributed by atoms with Crippen molar-refractivity contribution in [2.75, 3.05) is 24.5 Å². The summed E-state index contributed by atoms with van der Waals surface area (Å²) in [5, 5.41) is 3.63. The molecule has 0 bridgehead atoms. The molecule has 1 aliphatic heterocycles. The molecule has 0 aromatic heterocycles. The van der Waals surface area contributed by atoms with Crippen LogP contribution in [0.3, 0.4) is 0 Å². The molecule has 1 saturated heterocycles. The molecular weight excluding hydrogens is 307 g/mol. The predicted molar refractivity (Wildman–Crippen MR) is 82.2 cm³/mol. The second-order valence-corrected chi connectivity index (χ2v) is 6.20. The van der Waals surface area contributed by atoms with Crippen LogP contribution < -0.4 is 10.2 Å². The summed E-state index contributed by atoms with van der Waals surface area (Å²) in [6.07, 6.45) is 2.31. The lowest BCUT2D eigenvalue weighted by Gasteiger charge is -2.29. The van der Waals surface area contributed by atoms with Crippen molar-refractivity contribution in [3.8, 4) is 0 Å². The summed E-state index contributed by atoms with van der Waals surface area (Å²) in [7, 11) is 0. The SMILES string of the molecule is CCC(C)C1CN(c2ccc(F)c(Br)c2)CCCN1. The highest BCUT2D eigenvalue weighted by Gasteiger charge is 2.22. The molecule has 0 radical (unpaired) electrons. The van der Waals surface area contributed by atoms with Gasteiger partial charge in [0.15, 0.2) is 0 Å². The molecule has 0 spiro atoms. The number of halogens is 2. The summed E-state index contributed by atoms with van der Waals surface area (Å²) in [5.74, 6) is 0.458. The van der Waals surface area contributed by atoms with Crippen molar-refractivity contribution in [3.05, 3.63) is 28.5 Å². The molecule has 2 atom stereocenters. The monoisotopic (exact) mass is 328 g/mol. The van der Waals surface area contributed by atoms with Crippen molar-refractivity contribution >= 4 is 21.6 Å². The number of rotatable bonds is 3. The van der Waals surface area contributed by atoms with Gasteiger partial charge in [0.1, 0.15) is 5.82 Å². The first-order chi connectivity index (χ1) is 9.11. The predicted octanol–water partition coefficient (Wildman–Crippen LogP) is 3.80. The molecule has 0 amide bonds. The van der Waals surface area contributed by atoms with Crippen molar-refractivity contribution in [2.45, 2.75) is 32.7 Å². The Morgan fingerprint density at radius 3 is 3.00 bits per heavy atom. The minimum atomic E-state index is -0.199. The van der Waals surface area contributed by atoms with E-state index in [1.807, 2.05) is 12.1 Å². The van der Waals surface area contributed by atoms with Gasteiger partial charge < -0.3 is 10.2 Å². The maximum atomic E-state index is 13.3. The Morgan fingerprint density at radius 1 is 1.53 bits per heavy atom. The van der Waals surface area contributed by atoms with Crippen molar-refractivity contribution in [2.24, 2.45) is 5.92 Å². The third-order valence-corrected chi connectivity index (χ3v) is 4.64. The minimum absolute atomic E-state index is 0.199. The smallest absolute Gasteiger partial charge is 0.137 e. The number of hydrogen-bond donors (Lipinski definition) is 1. The molecule has 2 nitrogen and oxygen atoms in total. The van der Waals surface area contributed by atoms with Gasteiger partial charge in [-0.25, -0.2) is 4.39 Å². The minimum Gasteiger partial charge on any atom is -0.370 e. The molecule has 1 aromatic carbocycles. The summed E-state index contributed by atoms with van der Waals surface area (Å²) in [6.45, 7) is 7.61. The average Bonchev–Trinajstić information content (AvgIpc) is 2.67. The van der Waals surface area contributed by atoms with Gasteiger partial charge in [-0.15, -0.1) is 0 Å². The van der Waals surface area contributed by atoms with Crippen LogP contribution >= 0.6 is 15.9 Å². The third kappa shape index (κ3) is 3.69. The van der Waals surface area contributed by atoms with Crippen LogP contribution in [-0.2, 0) is 0 Å². The molecule has 4 heteroatoms. The normalized spacial score (nSPS) is 22.1. The van der Waals surface area contributed by atoms with E-state index in [0.29, 0.717) is 16.4 Å². The molecule has 19 heavy (non-hydrogen) atoms. The highest BCUT2D eigenvalue weighted by atomic mass is 79.9. The number of nitrogens with one attached hydrogen (secondary N) is 1. The number of benzene rings is 1. The van der Waals surface area contributed by atoms with E-state index in [1.54, 1.807) is 0 Å². The zero-order valence-electron chi connectivity index (χ0n) is 11.6. The van der Waals surface area contributed by atoms with E-state index < -0.39 is 0 Å².